The van der Waals surface area contributed by atoms with Crippen LogP contribution in [0.25, 0.3) is 21.2 Å². The quantitative estimate of drug-likeness (QED) is 0.302. The van der Waals surface area contributed by atoms with E-state index in [1.54, 1.807) is 35.5 Å². The monoisotopic (exact) mass is 366 g/mol. The average molecular weight is 366 g/mol. The zero-order valence-corrected chi connectivity index (χ0v) is 15.0. The summed E-state index contributed by atoms with van der Waals surface area (Å²) in [6.45, 7) is 0. The van der Waals surface area contributed by atoms with Crippen molar-refractivity contribution >= 4 is 44.3 Å². The molecule has 0 unspecified atom stereocenters. The minimum absolute atomic E-state index is 0.287. The molecule has 124 valence electrons. The van der Waals surface area contributed by atoms with Crippen LogP contribution < -0.4 is 5.63 Å². The van der Waals surface area contributed by atoms with Crippen molar-refractivity contribution in [3.63, 3.8) is 0 Å². The van der Waals surface area contributed by atoms with E-state index in [1.165, 1.54) is 17.5 Å². The van der Waals surface area contributed by atoms with Crippen molar-refractivity contribution in [3.8, 4) is 0 Å². The largest absolute Gasteiger partial charge is 0.423 e. The van der Waals surface area contributed by atoms with Crippen LogP contribution in [0.3, 0.4) is 0 Å². The smallest absolute Gasteiger partial charge is 0.336 e. The van der Waals surface area contributed by atoms with Gasteiger partial charge in [-0.15, -0.1) is 23.1 Å². The van der Waals surface area contributed by atoms with Crippen LogP contribution in [0.15, 0.2) is 50.2 Å². The lowest BCUT2D eigenvalue weighted by Gasteiger charge is -2.08. The lowest BCUT2D eigenvalue weighted by Crippen LogP contribution is -2.01. The first-order chi connectivity index (χ1) is 12.3. The van der Waals surface area contributed by atoms with Gasteiger partial charge in [-0.05, 0) is 59.5 Å². The van der Waals surface area contributed by atoms with Crippen molar-refractivity contribution in [1.29, 1.82) is 0 Å². The number of aromatic nitrogens is 2. The Hall–Kier alpha value is -2.18. The van der Waals surface area contributed by atoms with Crippen LogP contribution in [0.1, 0.15) is 23.1 Å². The van der Waals surface area contributed by atoms with Crippen molar-refractivity contribution in [2.24, 2.45) is 0 Å². The summed E-state index contributed by atoms with van der Waals surface area (Å²) < 4.78 is 6.55. The number of thiophene rings is 1. The standard InChI is InChI=1S/C19H14N2O2S2/c22-17-8-13(9-25-19-18-15(4-5-24-18)20-10-21-19)14-6-11-2-1-3-12(11)7-16(14)23-17/h4-8,10H,1-3,9H2. The van der Waals surface area contributed by atoms with Crippen LogP contribution in [-0.2, 0) is 18.6 Å². The van der Waals surface area contributed by atoms with Gasteiger partial charge < -0.3 is 4.42 Å². The fourth-order valence-corrected chi connectivity index (χ4v) is 5.37. The maximum atomic E-state index is 12.0. The van der Waals surface area contributed by atoms with Crippen LogP contribution in [0, 0.1) is 0 Å². The van der Waals surface area contributed by atoms with Gasteiger partial charge in [0.05, 0.1) is 10.2 Å². The maximum absolute atomic E-state index is 12.0. The number of rotatable bonds is 3. The molecule has 0 saturated heterocycles. The second-order valence-corrected chi connectivity index (χ2v) is 8.04. The van der Waals surface area contributed by atoms with Crippen LogP contribution in [-0.4, -0.2) is 9.97 Å². The van der Waals surface area contributed by atoms with Gasteiger partial charge in [-0.2, -0.15) is 0 Å². The summed E-state index contributed by atoms with van der Waals surface area (Å²) in [6, 6.07) is 7.87. The Kier molecular flexibility index (Phi) is 3.60. The van der Waals surface area contributed by atoms with E-state index in [9.17, 15) is 4.79 Å². The summed E-state index contributed by atoms with van der Waals surface area (Å²) in [5.74, 6) is 0.685. The summed E-state index contributed by atoms with van der Waals surface area (Å²) in [5, 5.41) is 4.03. The Labute approximate surface area is 151 Å². The molecule has 0 aliphatic heterocycles. The van der Waals surface area contributed by atoms with Crippen LogP contribution >= 0.6 is 23.1 Å². The Morgan fingerprint density at radius 3 is 2.96 bits per heavy atom. The van der Waals surface area contributed by atoms with Gasteiger partial charge in [-0.3, -0.25) is 0 Å². The predicted molar refractivity (Wildman–Crippen MR) is 101 cm³/mol. The highest BCUT2D eigenvalue weighted by molar-refractivity contribution is 7.98. The van der Waals surface area contributed by atoms with Crippen LogP contribution in [0.2, 0.25) is 0 Å². The minimum atomic E-state index is -0.287. The lowest BCUT2D eigenvalue weighted by molar-refractivity contribution is 0.559. The number of nitrogens with zero attached hydrogens (tertiary/aromatic N) is 2. The normalized spacial score (nSPS) is 13.6. The molecule has 0 fully saturated rings. The summed E-state index contributed by atoms with van der Waals surface area (Å²) >= 11 is 3.29. The van der Waals surface area contributed by atoms with E-state index in [2.05, 4.69) is 22.1 Å². The molecule has 0 N–H and O–H groups in total. The second kappa shape index (κ2) is 5.97. The Balaban J connectivity index is 1.56. The summed E-state index contributed by atoms with van der Waals surface area (Å²) in [4.78, 5) is 20.7. The highest BCUT2D eigenvalue weighted by Gasteiger charge is 2.16. The molecule has 5 rings (SSSR count). The SMILES string of the molecule is O=c1cc(CSc2ncnc3ccsc23)c2cc3c(cc2o1)CCC3. The molecule has 0 radical (unpaired) electrons. The van der Waals surface area contributed by atoms with Gasteiger partial charge in [0.2, 0.25) is 0 Å². The van der Waals surface area contributed by atoms with E-state index < -0.39 is 0 Å². The zero-order valence-electron chi connectivity index (χ0n) is 13.3. The van der Waals surface area contributed by atoms with Crippen molar-refractivity contribution in [2.75, 3.05) is 0 Å². The fourth-order valence-electron chi connectivity index (χ4n) is 3.43. The van der Waals surface area contributed by atoms with E-state index in [-0.39, 0.29) is 5.63 Å². The lowest BCUT2D eigenvalue weighted by atomic mass is 10.0. The zero-order chi connectivity index (χ0) is 16.8. The third-order valence-electron chi connectivity index (χ3n) is 4.62. The fraction of sp³-hybridized carbons (Fsp3) is 0.211. The van der Waals surface area contributed by atoms with Crippen molar-refractivity contribution in [3.05, 3.63) is 63.1 Å². The van der Waals surface area contributed by atoms with E-state index in [4.69, 9.17) is 4.42 Å². The minimum Gasteiger partial charge on any atom is -0.423 e. The molecule has 25 heavy (non-hydrogen) atoms. The number of aryl methyl sites for hydroxylation is 2. The average Bonchev–Trinajstić information content (AvgIpc) is 3.26. The topological polar surface area (TPSA) is 56.0 Å². The van der Waals surface area contributed by atoms with Gasteiger partial charge in [0.25, 0.3) is 0 Å². The highest BCUT2D eigenvalue weighted by Crippen LogP contribution is 2.33. The molecular weight excluding hydrogens is 352 g/mol. The Bertz CT molecular complexity index is 1160. The molecule has 6 heteroatoms. The van der Waals surface area contributed by atoms with Crippen LogP contribution in [0.4, 0.5) is 0 Å². The predicted octanol–water partition coefficient (Wildman–Crippen LogP) is 4.58. The van der Waals surface area contributed by atoms with Crippen molar-refractivity contribution in [2.45, 2.75) is 30.0 Å². The molecule has 1 aromatic carbocycles. The first-order valence-corrected chi connectivity index (χ1v) is 10.0. The van der Waals surface area contributed by atoms with E-state index in [1.807, 2.05) is 11.4 Å². The maximum Gasteiger partial charge on any atom is 0.336 e. The molecule has 4 aromatic rings. The molecule has 0 atom stereocenters. The Morgan fingerprint density at radius 2 is 2.04 bits per heavy atom. The molecule has 3 heterocycles. The van der Waals surface area contributed by atoms with Gasteiger partial charge in [0.15, 0.2) is 0 Å². The molecule has 4 nitrogen and oxygen atoms in total. The first-order valence-electron chi connectivity index (χ1n) is 8.17. The number of fused-ring (bicyclic) bond motifs is 3. The molecule has 0 amide bonds. The number of hydrogen-bond acceptors (Lipinski definition) is 6. The number of thioether (sulfide) groups is 1. The summed E-state index contributed by atoms with van der Waals surface area (Å²) in [7, 11) is 0. The van der Waals surface area contributed by atoms with Crippen LogP contribution in [0.5, 0.6) is 0 Å². The summed E-state index contributed by atoms with van der Waals surface area (Å²) in [6.07, 6.45) is 4.96. The second-order valence-electron chi connectivity index (χ2n) is 6.16. The van der Waals surface area contributed by atoms with E-state index in [0.29, 0.717) is 11.3 Å². The summed E-state index contributed by atoms with van der Waals surface area (Å²) in [5.41, 5.74) is 5.09. The van der Waals surface area contributed by atoms with E-state index in [0.717, 1.165) is 39.0 Å². The molecule has 1 aliphatic rings. The molecule has 0 bridgehead atoms. The van der Waals surface area contributed by atoms with Gasteiger partial charge in [0.1, 0.15) is 16.9 Å². The van der Waals surface area contributed by atoms with Crippen molar-refractivity contribution in [1.82, 2.24) is 9.97 Å². The van der Waals surface area contributed by atoms with Gasteiger partial charge in [0, 0.05) is 17.2 Å². The number of hydrogen-bond donors (Lipinski definition) is 0. The molecular formula is C19H14N2O2S2. The highest BCUT2D eigenvalue weighted by atomic mass is 32.2. The van der Waals surface area contributed by atoms with Gasteiger partial charge in [-0.1, -0.05) is 0 Å². The van der Waals surface area contributed by atoms with E-state index >= 15 is 0 Å². The third kappa shape index (κ3) is 2.65. The molecule has 3 aromatic heterocycles. The number of benzene rings is 1. The molecule has 0 saturated carbocycles. The molecule has 0 spiro atoms. The Morgan fingerprint density at radius 1 is 1.16 bits per heavy atom. The van der Waals surface area contributed by atoms with Gasteiger partial charge in [-0.25, -0.2) is 14.8 Å². The van der Waals surface area contributed by atoms with Gasteiger partial charge >= 0.3 is 5.63 Å². The third-order valence-corrected chi connectivity index (χ3v) is 6.70. The van der Waals surface area contributed by atoms with Crippen molar-refractivity contribution < 1.29 is 4.42 Å². The first kappa shape index (κ1) is 15.1. The molecule has 1 aliphatic carbocycles.